The standard InChI is InChI=1S/C22H23ClN2O3S/c1-28-22(27)20(16-7-3-4-8-17(16)23)24-10-12-25(13-11-24)21(26)19-14-15-6-2-5-9-18(15)29-19/h2-9,19-20H,10-14H2,1H3/t19-,20+/m0/s1. The lowest BCUT2D eigenvalue weighted by molar-refractivity contribution is -0.148. The fourth-order valence-electron chi connectivity index (χ4n) is 4.01. The summed E-state index contributed by atoms with van der Waals surface area (Å²) in [5.74, 6) is -0.155. The number of amides is 1. The molecule has 1 saturated heterocycles. The van der Waals surface area contributed by atoms with Crippen molar-refractivity contribution in [3.63, 3.8) is 0 Å². The largest absolute Gasteiger partial charge is 0.468 e. The average molecular weight is 431 g/mol. The highest BCUT2D eigenvalue weighted by Crippen LogP contribution is 2.38. The molecule has 7 heteroatoms. The van der Waals surface area contributed by atoms with E-state index in [0.717, 1.165) is 12.0 Å². The number of halogens is 1. The number of thioether (sulfide) groups is 1. The number of rotatable bonds is 4. The van der Waals surface area contributed by atoms with E-state index in [-0.39, 0.29) is 17.1 Å². The monoisotopic (exact) mass is 430 g/mol. The zero-order valence-corrected chi connectivity index (χ0v) is 17.8. The molecule has 2 heterocycles. The Bertz CT molecular complexity index is 889. The quantitative estimate of drug-likeness (QED) is 0.696. The molecule has 2 aliphatic heterocycles. The molecule has 0 aliphatic carbocycles. The van der Waals surface area contributed by atoms with Crippen molar-refractivity contribution in [2.24, 2.45) is 0 Å². The van der Waals surface area contributed by atoms with E-state index >= 15 is 0 Å². The molecule has 2 aromatic carbocycles. The van der Waals surface area contributed by atoms with Gasteiger partial charge >= 0.3 is 5.97 Å². The normalized spacial score (nSPS) is 20.2. The lowest BCUT2D eigenvalue weighted by Gasteiger charge is -2.39. The number of carbonyl (C=O) groups is 2. The van der Waals surface area contributed by atoms with Gasteiger partial charge in [-0.15, -0.1) is 11.8 Å². The number of hydrogen-bond acceptors (Lipinski definition) is 5. The van der Waals surface area contributed by atoms with Crippen LogP contribution in [0.1, 0.15) is 17.2 Å². The average Bonchev–Trinajstić information content (AvgIpc) is 3.19. The van der Waals surface area contributed by atoms with Crippen molar-refractivity contribution in [1.82, 2.24) is 9.80 Å². The number of methoxy groups -OCH3 is 1. The van der Waals surface area contributed by atoms with Gasteiger partial charge in [-0.2, -0.15) is 0 Å². The molecule has 0 bridgehead atoms. The van der Waals surface area contributed by atoms with Crippen LogP contribution in [0.2, 0.25) is 5.02 Å². The van der Waals surface area contributed by atoms with Crippen LogP contribution in [0, 0.1) is 0 Å². The van der Waals surface area contributed by atoms with Crippen molar-refractivity contribution in [1.29, 1.82) is 0 Å². The molecule has 0 spiro atoms. The molecule has 0 saturated carbocycles. The molecule has 1 fully saturated rings. The van der Waals surface area contributed by atoms with Gasteiger partial charge in [-0.25, -0.2) is 4.79 Å². The van der Waals surface area contributed by atoms with Crippen molar-refractivity contribution in [3.8, 4) is 0 Å². The van der Waals surface area contributed by atoms with Gasteiger partial charge in [0.05, 0.1) is 12.4 Å². The van der Waals surface area contributed by atoms with Crippen LogP contribution < -0.4 is 0 Å². The first-order valence-corrected chi connectivity index (χ1v) is 10.9. The van der Waals surface area contributed by atoms with E-state index in [4.69, 9.17) is 16.3 Å². The summed E-state index contributed by atoms with van der Waals surface area (Å²) in [6, 6.07) is 15.0. The Labute approximate surface area is 180 Å². The first-order valence-electron chi connectivity index (χ1n) is 9.68. The van der Waals surface area contributed by atoms with Gasteiger partial charge in [-0.3, -0.25) is 9.69 Å². The molecular formula is C22H23ClN2O3S. The van der Waals surface area contributed by atoms with Crippen LogP contribution in [-0.4, -0.2) is 60.2 Å². The SMILES string of the molecule is COC(=O)[C@@H](c1ccccc1Cl)N1CCN(C(=O)[C@@H]2Cc3ccccc3S2)CC1. The van der Waals surface area contributed by atoms with Crippen molar-refractivity contribution in [3.05, 3.63) is 64.7 Å². The number of nitrogens with zero attached hydrogens (tertiary/aromatic N) is 2. The Hall–Kier alpha value is -2.02. The third-order valence-electron chi connectivity index (χ3n) is 5.54. The van der Waals surface area contributed by atoms with Crippen LogP contribution >= 0.6 is 23.4 Å². The van der Waals surface area contributed by atoms with Gasteiger partial charge in [0, 0.05) is 36.1 Å². The van der Waals surface area contributed by atoms with Crippen molar-refractivity contribution < 1.29 is 14.3 Å². The van der Waals surface area contributed by atoms with Crippen LogP contribution in [0.4, 0.5) is 0 Å². The van der Waals surface area contributed by atoms with Crippen LogP contribution in [0.25, 0.3) is 0 Å². The second-order valence-electron chi connectivity index (χ2n) is 7.23. The molecule has 152 valence electrons. The van der Waals surface area contributed by atoms with Crippen LogP contribution in [0.5, 0.6) is 0 Å². The summed E-state index contributed by atoms with van der Waals surface area (Å²) < 4.78 is 5.04. The second-order valence-corrected chi connectivity index (χ2v) is 8.88. The molecule has 0 unspecified atom stereocenters. The lowest BCUT2D eigenvalue weighted by atomic mass is 10.0. The maximum atomic E-state index is 13.0. The first kappa shape index (κ1) is 20.3. The fourth-order valence-corrected chi connectivity index (χ4v) is 5.52. The summed E-state index contributed by atoms with van der Waals surface area (Å²) in [4.78, 5) is 30.7. The minimum absolute atomic E-state index is 0.0566. The van der Waals surface area contributed by atoms with E-state index in [0.29, 0.717) is 31.2 Å². The maximum Gasteiger partial charge on any atom is 0.327 e. The molecule has 0 N–H and O–H groups in total. The smallest absolute Gasteiger partial charge is 0.327 e. The van der Waals surface area contributed by atoms with Gasteiger partial charge in [0.1, 0.15) is 6.04 Å². The predicted octanol–water partition coefficient (Wildman–Crippen LogP) is 3.42. The van der Waals surface area contributed by atoms with E-state index in [2.05, 4.69) is 12.1 Å². The Morgan fingerprint density at radius 3 is 2.45 bits per heavy atom. The van der Waals surface area contributed by atoms with E-state index in [9.17, 15) is 9.59 Å². The van der Waals surface area contributed by atoms with Crippen LogP contribution in [0.15, 0.2) is 53.4 Å². The van der Waals surface area contributed by atoms with Crippen molar-refractivity contribution in [2.45, 2.75) is 22.6 Å². The molecule has 29 heavy (non-hydrogen) atoms. The number of ether oxygens (including phenoxy) is 1. The minimum Gasteiger partial charge on any atom is -0.468 e. The zero-order valence-electron chi connectivity index (χ0n) is 16.2. The van der Waals surface area contributed by atoms with Crippen LogP contribution in [0.3, 0.4) is 0 Å². The molecule has 0 aromatic heterocycles. The Kier molecular flexibility index (Phi) is 6.13. The van der Waals surface area contributed by atoms with E-state index in [1.807, 2.05) is 40.1 Å². The topological polar surface area (TPSA) is 49.9 Å². The van der Waals surface area contributed by atoms with E-state index in [1.165, 1.54) is 17.6 Å². The van der Waals surface area contributed by atoms with Gasteiger partial charge in [0.2, 0.25) is 5.91 Å². The Balaban J connectivity index is 1.42. The molecule has 4 rings (SSSR count). The Morgan fingerprint density at radius 2 is 1.76 bits per heavy atom. The highest BCUT2D eigenvalue weighted by atomic mass is 35.5. The summed E-state index contributed by atoms with van der Waals surface area (Å²) in [6.45, 7) is 2.37. The summed E-state index contributed by atoms with van der Waals surface area (Å²) in [5.41, 5.74) is 1.99. The lowest BCUT2D eigenvalue weighted by Crippen LogP contribution is -2.52. The number of carbonyl (C=O) groups excluding carboxylic acids is 2. The number of benzene rings is 2. The second kappa shape index (κ2) is 8.78. The third kappa shape index (κ3) is 4.15. The Morgan fingerprint density at radius 1 is 1.07 bits per heavy atom. The minimum atomic E-state index is -0.559. The van der Waals surface area contributed by atoms with Gasteiger partial charge in [-0.05, 0) is 29.7 Å². The number of fused-ring (bicyclic) bond motifs is 1. The number of hydrogen-bond donors (Lipinski definition) is 0. The van der Waals surface area contributed by atoms with Gasteiger partial charge in [0.15, 0.2) is 0 Å². The molecule has 2 atom stereocenters. The summed E-state index contributed by atoms with van der Waals surface area (Å²) in [6.07, 6.45) is 0.782. The molecule has 1 amide bonds. The fraction of sp³-hybridized carbons (Fsp3) is 0.364. The van der Waals surface area contributed by atoms with Gasteiger partial charge in [-0.1, -0.05) is 48.0 Å². The highest BCUT2D eigenvalue weighted by Gasteiger charge is 2.36. The zero-order chi connectivity index (χ0) is 20.4. The summed E-state index contributed by atoms with van der Waals surface area (Å²) >= 11 is 8.00. The van der Waals surface area contributed by atoms with E-state index in [1.54, 1.807) is 17.8 Å². The van der Waals surface area contributed by atoms with Crippen molar-refractivity contribution >= 4 is 35.2 Å². The van der Waals surface area contributed by atoms with E-state index < -0.39 is 6.04 Å². The number of piperazine rings is 1. The van der Waals surface area contributed by atoms with Crippen molar-refractivity contribution in [2.75, 3.05) is 33.3 Å². The molecular weight excluding hydrogens is 408 g/mol. The molecule has 5 nitrogen and oxygen atoms in total. The highest BCUT2D eigenvalue weighted by molar-refractivity contribution is 8.01. The first-order chi connectivity index (χ1) is 14.1. The summed E-state index contributed by atoms with van der Waals surface area (Å²) in [7, 11) is 1.39. The van der Waals surface area contributed by atoms with Gasteiger partial charge in [0.25, 0.3) is 0 Å². The third-order valence-corrected chi connectivity index (χ3v) is 7.19. The molecule has 2 aromatic rings. The predicted molar refractivity (Wildman–Crippen MR) is 114 cm³/mol. The van der Waals surface area contributed by atoms with Crippen LogP contribution in [-0.2, 0) is 20.7 Å². The molecule has 2 aliphatic rings. The number of esters is 1. The summed E-state index contributed by atoms with van der Waals surface area (Å²) in [5, 5.41) is 0.487. The maximum absolute atomic E-state index is 13.0. The molecule has 0 radical (unpaired) electrons. The van der Waals surface area contributed by atoms with Gasteiger partial charge < -0.3 is 9.64 Å².